The minimum Gasteiger partial charge on any atom is -0.338 e. The highest BCUT2D eigenvalue weighted by Crippen LogP contribution is 2.17. The lowest BCUT2D eigenvalue weighted by Gasteiger charge is -2.38. The van der Waals surface area contributed by atoms with Gasteiger partial charge in [-0.05, 0) is 30.7 Å². The Labute approximate surface area is 96.2 Å². The normalized spacial score (nSPS) is 16.0. The average molecular weight is 218 g/mol. The van der Waals surface area contributed by atoms with Gasteiger partial charge >= 0.3 is 0 Å². The highest BCUT2D eigenvalue weighted by Gasteiger charge is 2.29. The van der Waals surface area contributed by atoms with E-state index in [-0.39, 0.29) is 5.91 Å². The summed E-state index contributed by atoms with van der Waals surface area (Å²) in [6.45, 7) is 4.41. The smallest absolute Gasteiger partial charge is 0.253 e. The number of nitrogens with zero attached hydrogens (tertiary/aromatic N) is 1. The Bertz CT molecular complexity index is 366. The Morgan fingerprint density at radius 3 is 2.50 bits per heavy atom. The van der Waals surface area contributed by atoms with Crippen LogP contribution in [0.1, 0.15) is 22.8 Å². The number of carbonyl (C=O) groups is 1. The predicted octanol–water partition coefficient (Wildman–Crippen LogP) is 1.28. The van der Waals surface area contributed by atoms with Gasteiger partial charge in [-0.2, -0.15) is 0 Å². The molecule has 86 valence electrons. The summed E-state index contributed by atoms with van der Waals surface area (Å²) in [7, 11) is 0. The number of aryl methyl sites for hydroxylation is 1. The van der Waals surface area contributed by atoms with Gasteiger partial charge in [0.2, 0.25) is 0 Å². The molecule has 1 fully saturated rings. The largest absolute Gasteiger partial charge is 0.338 e. The molecule has 0 spiro atoms. The molecule has 2 rings (SSSR count). The molecular formula is C13H18N2O. The molecule has 3 heteroatoms. The molecule has 3 nitrogen and oxygen atoms in total. The van der Waals surface area contributed by atoms with Gasteiger partial charge in [-0.25, -0.2) is 0 Å². The number of rotatable bonds is 3. The molecule has 1 saturated heterocycles. The van der Waals surface area contributed by atoms with Crippen LogP contribution in [0.4, 0.5) is 0 Å². The van der Waals surface area contributed by atoms with Crippen molar-refractivity contribution >= 4 is 5.91 Å². The summed E-state index contributed by atoms with van der Waals surface area (Å²) in [5.74, 6) is 0.631. The van der Waals surface area contributed by atoms with Crippen molar-refractivity contribution in [2.75, 3.05) is 19.6 Å². The molecule has 1 aliphatic heterocycles. The predicted molar refractivity (Wildman–Crippen MR) is 64.3 cm³/mol. The van der Waals surface area contributed by atoms with Crippen LogP contribution in [0.5, 0.6) is 0 Å². The molecule has 1 aliphatic rings. The molecule has 0 aliphatic carbocycles. The summed E-state index contributed by atoms with van der Waals surface area (Å²) in [5.41, 5.74) is 7.58. The van der Waals surface area contributed by atoms with Gasteiger partial charge in [-0.15, -0.1) is 0 Å². The molecule has 16 heavy (non-hydrogen) atoms. The van der Waals surface area contributed by atoms with Gasteiger partial charge in [0, 0.05) is 24.6 Å². The first kappa shape index (κ1) is 11.1. The van der Waals surface area contributed by atoms with Crippen LogP contribution < -0.4 is 5.73 Å². The lowest BCUT2D eigenvalue weighted by atomic mass is 9.99. The van der Waals surface area contributed by atoms with Crippen LogP contribution in [0, 0.1) is 5.92 Å². The summed E-state index contributed by atoms with van der Waals surface area (Å²) in [6, 6.07) is 7.87. The number of nitrogens with two attached hydrogens (primary N) is 1. The van der Waals surface area contributed by atoms with Crippen LogP contribution in [0.3, 0.4) is 0 Å². The van der Waals surface area contributed by atoms with Crippen molar-refractivity contribution in [3.8, 4) is 0 Å². The van der Waals surface area contributed by atoms with Crippen molar-refractivity contribution in [2.45, 2.75) is 13.3 Å². The Morgan fingerprint density at radius 2 is 2.00 bits per heavy atom. The maximum absolute atomic E-state index is 12.0. The fourth-order valence-electron chi connectivity index (χ4n) is 1.95. The van der Waals surface area contributed by atoms with E-state index in [1.165, 1.54) is 5.56 Å². The standard InChI is InChI=1S/C13H18N2O/c1-2-10-3-5-12(6-4-10)13(16)15-8-11(7-14)9-15/h3-6,11H,2,7-9,14H2,1H3. The summed E-state index contributed by atoms with van der Waals surface area (Å²) in [5, 5.41) is 0. The fraction of sp³-hybridized carbons (Fsp3) is 0.462. The average Bonchev–Trinajstić information content (AvgIpc) is 2.27. The quantitative estimate of drug-likeness (QED) is 0.830. The van der Waals surface area contributed by atoms with E-state index in [9.17, 15) is 4.79 Å². The van der Waals surface area contributed by atoms with Crippen LogP contribution in [0.25, 0.3) is 0 Å². The first-order valence-electron chi connectivity index (χ1n) is 5.83. The van der Waals surface area contributed by atoms with E-state index in [1.807, 2.05) is 29.2 Å². The van der Waals surface area contributed by atoms with Crippen molar-refractivity contribution in [1.29, 1.82) is 0 Å². The summed E-state index contributed by atoms with van der Waals surface area (Å²) in [6.07, 6.45) is 1.01. The SMILES string of the molecule is CCc1ccc(C(=O)N2CC(CN)C2)cc1. The van der Waals surface area contributed by atoms with E-state index >= 15 is 0 Å². The highest BCUT2D eigenvalue weighted by molar-refractivity contribution is 5.94. The Balaban J connectivity index is 1.99. The maximum Gasteiger partial charge on any atom is 0.253 e. The van der Waals surface area contributed by atoms with E-state index in [0.29, 0.717) is 12.5 Å². The van der Waals surface area contributed by atoms with Crippen LogP contribution >= 0.6 is 0 Å². The van der Waals surface area contributed by atoms with Gasteiger partial charge in [0.15, 0.2) is 0 Å². The van der Waals surface area contributed by atoms with Gasteiger partial charge < -0.3 is 10.6 Å². The summed E-state index contributed by atoms with van der Waals surface area (Å²) < 4.78 is 0. The van der Waals surface area contributed by atoms with E-state index in [2.05, 4.69) is 6.92 Å². The Hall–Kier alpha value is -1.35. The van der Waals surface area contributed by atoms with Crippen molar-refractivity contribution in [3.05, 3.63) is 35.4 Å². The van der Waals surface area contributed by atoms with Crippen LogP contribution in [0.15, 0.2) is 24.3 Å². The lowest BCUT2D eigenvalue weighted by Crippen LogP contribution is -2.52. The van der Waals surface area contributed by atoms with Gasteiger partial charge in [-0.1, -0.05) is 19.1 Å². The number of likely N-dealkylation sites (tertiary alicyclic amines) is 1. The monoisotopic (exact) mass is 218 g/mol. The maximum atomic E-state index is 12.0. The molecule has 1 aromatic rings. The van der Waals surface area contributed by atoms with Crippen molar-refractivity contribution in [3.63, 3.8) is 0 Å². The third-order valence-electron chi connectivity index (χ3n) is 3.19. The second-order valence-electron chi connectivity index (χ2n) is 4.36. The van der Waals surface area contributed by atoms with Gasteiger partial charge in [0.1, 0.15) is 0 Å². The number of amides is 1. The van der Waals surface area contributed by atoms with Crippen molar-refractivity contribution in [2.24, 2.45) is 11.7 Å². The third-order valence-corrected chi connectivity index (χ3v) is 3.19. The number of hydrogen-bond acceptors (Lipinski definition) is 2. The van der Waals surface area contributed by atoms with Crippen molar-refractivity contribution in [1.82, 2.24) is 4.90 Å². The molecule has 0 radical (unpaired) electrons. The molecule has 0 unspecified atom stereocenters. The molecule has 1 aromatic carbocycles. The zero-order valence-corrected chi connectivity index (χ0v) is 9.65. The van der Waals surface area contributed by atoms with E-state index < -0.39 is 0 Å². The molecule has 2 N–H and O–H groups in total. The first-order chi connectivity index (χ1) is 7.74. The minimum atomic E-state index is 0.132. The van der Waals surface area contributed by atoms with Crippen molar-refractivity contribution < 1.29 is 4.79 Å². The zero-order valence-electron chi connectivity index (χ0n) is 9.65. The van der Waals surface area contributed by atoms with Gasteiger partial charge in [0.05, 0.1) is 0 Å². The van der Waals surface area contributed by atoms with E-state index in [4.69, 9.17) is 5.73 Å². The topological polar surface area (TPSA) is 46.3 Å². The fourth-order valence-corrected chi connectivity index (χ4v) is 1.95. The zero-order chi connectivity index (χ0) is 11.5. The molecule has 1 heterocycles. The number of carbonyl (C=O) groups excluding carboxylic acids is 1. The molecular weight excluding hydrogens is 200 g/mol. The van der Waals surface area contributed by atoms with E-state index in [0.717, 1.165) is 25.1 Å². The molecule has 0 aromatic heterocycles. The van der Waals surface area contributed by atoms with Gasteiger partial charge in [-0.3, -0.25) is 4.79 Å². The third kappa shape index (κ3) is 2.09. The minimum absolute atomic E-state index is 0.132. The summed E-state index contributed by atoms with van der Waals surface area (Å²) >= 11 is 0. The Morgan fingerprint density at radius 1 is 1.38 bits per heavy atom. The van der Waals surface area contributed by atoms with E-state index in [1.54, 1.807) is 0 Å². The number of benzene rings is 1. The van der Waals surface area contributed by atoms with Crippen LogP contribution in [-0.2, 0) is 6.42 Å². The van der Waals surface area contributed by atoms with Crippen LogP contribution in [0.2, 0.25) is 0 Å². The highest BCUT2D eigenvalue weighted by atomic mass is 16.2. The Kier molecular flexibility index (Phi) is 3.25. The second-order valence-corrected chi connectivity index (χ2v) is 4.36. The molecule has 0 bridgehead atoms. The number of hydrogen-bond donors (Lipinski definition) is 1. The molecule has 1 amide bonds. The van der Waals surface area contributed by atoms with Crippen LogP contribution in [-0.4, -0.2) is 30.4 Å². The molecule has 0 atom stereocenters. The molecule has 0 saturated carbocycles. The lowest BCUT2D eigenvalue weighted by molar-refractivity contribution is 0.0515. The van der Waals surface area contributed by atoms with Gasteiger partial charge in [0.25, 0.3) is 5.91 Å². The first-order valence-corrected chi connectivity index (χ1v) is 5.83. The second kappa shape index (κ2) is 4.66. The summed E-state index contributed by atoms with van der Waals surface area (Å²) in [4.78, 5) is 13.8.